The molecule has 0 saturated carbocycles. The number of nitrogens with zero attached hydrogens (tertiary/aromatic N) is 2. The Morgan fingerprint density at radius 3 is 1.75 bits per heavy atom. The van der Waals surface area contributed by atoms with Crippen molar-refractivity contribution >= 4 is 17.5 Å². The minimum absolute atomic E-state index is 0.0239. The van der Waals surface area contributed by atoms with Gasteiger partial charge in [-0.05, 0) is 23.3 Å². The zero-order valence-corrected chi connectivity index (χ0v) is 18.2. The van der Waals surface area contributed by atoms with E-state index in [1.54, 1.807) is 0 Å². The Kier molecular flexibility index (Phi) is 7.31. The van der Waals surface area contributed by atoms with Crippen LogP contribution in [0.4, 0.5) is 5.69 Å². The first-order valence-electron chi connectivity index (χ1n) is 11.1. The van der Waals surface area contributed by atoms with Crippen molar-refractivity contribution < 1.29 is 9.59 Å². The quantitative estimate of drug-likeness (QED) is 0.620. The van der Waals surface area contributed by atoms with Crippen LogP contribution >= 0.6 is 0 Å². The SMILES string of the molecule is O=C(CN1CCN(C(=O)CC(c2ccccc2)c2ccccc2)CC1)Nc1ccccc1. The van der Waals surface area contributed by atoms with Gasteiger partial charge in [-0.2, -0.15) is 0 Å². The molecule has 164 valence electrons. The van der Waals surface area contributed by atoms with Crippen molar-refractivity contribution in [3.63, 3.8) is 0 Å². The van der Waals surface area contributed by atoms with E-state index >= 15 is 0 Å². The fourth-order valence-corrected chi connectivity index (χ4v) is 4.18. The van der Waals surface area contributed by atoms with Crippen molar-refractivity contribution in [2.45, 2.75) is 12.3 Å². The van der Waals surface area contributed by atoms with E-state index in [9.17, 15) is 9.59 Å². The lowest BCUT2D eigenvalue weighted by atomic mass is 9.88. The predicted octanol–water partition coefficient (Wildman–Crippen LogP) is 3.99. The van der Waals surface area contributed by atoms with E-state index in [1.165, 1.54) is 0 Å². The largest absolute Gasteiger partial charge is 0.340 e. The van der Waals surface area contributed by atoms with Crippen LogP contribution in [0, 0.1) is 0 Å². The van der Waals surface area contributed by atoms with Gasteiger partial charge in [-0.3, -0.25) is 14.5 Å². The van der Waals surface area contributed by atoms with Gasteiger partial charge in [-0.25, -0.2) is 0 Å². The maximum absolute atomic E-state index is 13.2. The van der Waals surface area contributed by atoms with Gasteiger partial charge in [0.05, 0.1) is 6.54 Å². The van der Waals surface area contributed by atoms with Crippen LogP contribution in [0.3, 0.4) is 0 Å². The number of anilines is 1. The molecule has 0 aromatic heterocycles. The molecule has 5 heteroatoms. The van der Waals surface area contributed by atoms with Crippen molar-refractivity contribution in [1.82, 2.24) is 9.80 Å². The molecule has 3 aromatic carbocycles. The minimum atomic E-state index is -0.0239. The lowest BCUT2D eigenvalue weighted by Crippen LogP contribution is -2.50. The van der Waals surface area contributed by atoms with E-state index in [0.29, 0.717) is 39.1 Å². The molecule has 1 saturated heterocycles. The molecule has 0 atom stereocenters. The summed E-state index contributed by atoms with van der Waals surface area (Å²) in [6.45, 7) is 3.04. The third-order valence-corrected chi connectivity index (χ3v) is 5.93. The number of carbonyl (C=O) groups is 2. The molecule has 3 aromatic rings. The molecule has 0 bridgehead atoms. The van der Waals surface area contributed by atoms with E-state index in [0.717, 1.165) is 16.8 Å². The van der Waals surface area contributed by atoms with Gasteiger partial charge in [0, 0.05) is 44.2 Å². The molecule has 0 unspecified atom stereocenters. The maximum atomic E-state index is 13.2. The van der Waals surface area contributed by atoms with Crippen LogP contribution in [0.25, 0.3) is 0 Å². The van der Waals surface area contributed by atoms with Gasteiger partial charge >= 0.3 is 0 Å². The van der Waals surface area contributed by atoms with Crippen molar-refractivity contribution in [2.75, 3.05) is 38.0 Å². The number of para-hydroxylation sites is 1. The summed E-state index contributed by atoms with van der Waals surface area (Å²) in [5.74, 6) is 0.180. The molecule has 1 N–H and O–H groups in total. The van der Waals surface area contributed by atoms with Crippen molar-refractivity contribution in [2.24, 2.45) is 0 Å². The average molecular weight is 428 g/mol. The Bertz CT molecular complexity index is 961. The molecule has 2 amide bonds. The molecular formula is C27H29N3O2. The second-order valence-electron chi connectivity index (χ2n) is 8.15. The standard InChI is InChI=1S/C27H29N3O2/c31-26(28-24-14-8-3-9-15-24)21-29-16-18-30(19-17-29)27(32)20-25(22-10-4-1-5-11-22)23-12-6-2-7-13-23/h1-15,25H,16-21H2,(H,28,31). The summed E-state index contributed by atoms with van der Waals surface area (Å²) in [5.41, 5.74) is 3.12. The summed E-state index contributed by atoms with van der Waals surface area (Å²) in [4.78, 5) is 29.5. The van der Waals surface area contributed by atoms with Gasteiger partial charge in [0.15, 0.2) is 0 Å². The van der Waals surface area contributed by atoms with Gasteiger partial charge in [0.2, 0.25) is 11.8 Å². The smallest absolute Gasteiger partial charge is 0.238 e. The molecule has 5 nitrogen and oxygen atoms in total. The zero-order valence-electron chi connectivity index (χ0n) is 18.2. The van der Waals surface area contributed by atoms with E-state index in [4.69, 9.17) is 0 Å². The zero-order chi connectivity index (χ0) is 22.2. The fraction of sp³-hybridized carbons (Fsp3) is 0.259. The molecule has 0 aliphatic carbocycles. The number of hydrogen-bond donors (Lipinski definition) is 1. The highest BCUT2D eigenvalue weighted by Crippen LogP contribution is 2.28. The molecule has 4 rings (SSSR count). The number of benzene rings is 3. The average Bonchev–Trinajstić information content (AvgIpc) is 2.84. The third kappa shape index (κ3) is 5.83. The molecule has 1 fully saturated rings. The molecular weight excluding hydrogens is 398 g/mol. The second-order valence-corrected chi connectivity index (χ2v) is 8.15. The van der Waals surface area contributed by atoms with Crippen LogP contribution in [0.5, 0.6) is 0 Å². The third-order valence-electron chi connectivity index (χ3n) is 5.93. The highest BCUT2D eigenvalue weighted by molar-refractivity contribution is 5.92. The lowest BCUT2D eigenvalue weighted by Gasteiger charge is -2.35. The highest BCUT2D eigenvalue weighted by Gasteiger charge is 2.26. The second kappa shape index (κ2) is 10.7. The molecule has 1 aliphatic heterocycles. The van der Waals surface area contributed by atoms with E-state index < -0.39 is 0 Å². The van der Waals surface area contributed by atoms with Gasteiger partial charge < -0.3 is 10.2 Å². The van der Waals surface area contributed by atoms with Gasteiger partial charge in [0.1, 0.15) is 0 Å². The lowest BCUT2D eigenvalue weighted by molar-refractivity contribution is -0.133. The Hall–Kier alpha value is -3.44. The molecule has 0 radical (unpaired) electrons. The number of rotatable bonds is 7. The van der Waals surface area contributed by atoms with Crippen LogP contribution in [0.1, 0.15) is 23.5 Å². The van der Waals surface area contributed by atoms with Crippen LogP contribution in [-0.2, 0) is 9.59 Å². The molecule has 1 aliphatic rings. The summed E-state index contributed by atoms with van der Waals surface area (Å²) >= 11 is 0. The monoisotopic (exact) mass is 427 g/mol. The van der Waals surface area contributed by atoms with Crippen LogP contribution in [0.15, 0.2) is 91.0 Å². The minimum Gasteiger partial charge on any atom is -0.340 e. The van der Waals surface area contributed by atoms with Crippen LogP contribution in [-0.4, -0.2) is 54.3 Å². The predicted molar refractivity (Wildman–Crippen MR) is 127 cm³/mol. The molecule has 0 spiro atoms. The van der Waals surface area contributed by atoms with Crippen molar-refractivity contribution in [1.29, 1.82) is 0 Å². The topological polar surface area (TPSA) is 52.7 Å². The molecule has 1 heterocycles. The molecule has 32 heavy (non-hydrogen) atoms. The number of hydrogen-bond acceptors (Lipinski definition) is 3. The number of piperazine rings is 1. The van der Waals surface area contributed by atoms with Gasteiger partial charge in [0.25, 0.3) is 0 Å². The summed E-state index contributed by atoms with van der Waals surface area (Å²) in [6, 6.07) is 29.9. The van der Waals surface area contributed by atoms with E-state index in [1.807, 2.05) is 71.6 Å². The van der Waals surface area contributed by atoms with Crippen molar-refractivity contribution in [3.05, 3.63) is 102 Å². The van der Waals surface area contributed by atoms with E-state index in [2.05, 4.69) is 34.5 Å². The number of nitrogens with one attached hydrogen (secondary N) is 1. The summed E-state index contributed by atoms with van der Waals surface area (Å²) in [7, 11) is 0. The Labute approximate surface area is 189 Å². The fourth-order valence-electron chi connectivity index (χ4n) is 4.18. The first-order valence-corrected chi connectivity index (χ1v) is 11.1. The van der Waals surface area contributed by atoms with Crippen LogP contribution in [0.2, 0.25) is 0 Å². The highest BCUT2D eigenvalue weighted by atomic mass is 16.2. The van der Waals surface area contributed by atoms with E-state index in [-0.39, 0.29) is 17.7 Å². The van der Waals surface area contributed by atoms with Gasteiger partial charge in [-0.15, -0.1) is 0 Å². The normalized spacial score (nSPS) is 14.3. The summed E-state index contributed by atoms with van der Waals surface area (Å²) in [6.07, 6.45) is 0.447. The number of carbonyl (C=O) groups excluding carboxylic acids is 2. The summed E-state index contributed by atoms with van der Waals surface area (Å²) < 4.78 is 0. The van der Waals surface area contributed by atoms with Gasteiger partial charge in [-0.1, -0.05) is 78.9 Å². The first kappa shape index (κ1) is 21.8. The number of amides is 2. The Morgan fingerprint density at radius 2 is 1.22 bits per heavy atom. The van der Waals surface area contributed by atoms with Crippen LogP contribution < -0.4 is 5.32 Å². The first-order chi connectivity index (χ1) is 15.7. The Morgan fingerprint density at radius 1 is 0.719 bits per heavy atom. The maximum Gasteiger partial charge on any atom is 0.238 e. The van der Waals surface area contributed by atoms with Crippen molar-refractivity contribution in [3.8, 4) is 0 Å². The summed E-state index contributed by atoms with van der Waals surface area (Å²) in [5, 5.41) is 2.92. The Balaban J connectivity index is 1.32.